The molecular formula is C19H19F3O4S2. The first-order valence-corrected chi connectivity index (χ1v) is 10.7. The average Bonchev–Trinajstić information content (AvgIpc) is 3.08. The predicted molar refractivity (Wildman–Crippen MR) is 105 cm³/mol. The molecule has 152 valence electrons. The molecule has 1 N–H and O–H groups in total. The van der Waals surface area contributed by atoms with Gasteiger partial charge in [0, 0.05) is 5.56 Å². The van der Waals surface area contributed by atoms with Crippen molar-refractivity contribution in [1.29, 1.82) is 0 Å². The van der Waals surface area contributed by atoms with Crippen LogP contribution in [-0.2, 0) is 10.1 Å². The largest absolute Gasteiger partial charge is 0.522 e. The number of fused-ring (bicyclic) bond motifs is 1. The summed E-state index contributed by atoms with van der Waals surface area (Å²) in [6.07, 6.45) is 2.26. The molecule has 0 unspecified atom stereocenters. The lowest BCUT2D eigenvalue weighted by Gasteiger charge is -2.09. The number of unbranched alkanes of at least 4 members (excludes halogenated alkanes) is 1. The van der Waals surface area contributed by atoms with E-state index in [9.17, 15) is 13.2 Å². The highest BCUT2D eigenvalue weighted by Gasteiger charge is 2.44. The van der Waals surface area contributed by atoms with Gasteiger partial charge in [0.05, 0.1) is 11.5 Å². The molecule has 0 atom stereocenters. The van der Waals surface area contributed by atoms with E-state index >= 15 is 0 Å². The van der Waals surface area contributed by atoms with E-state index in [4.69, 9.17) is 17.7 Å². The lowest BCUT2D eigenvalue weighted by Crippen LogP contribution is -2.21. The lowest BCUT2D eigenvalue weighted by atomic mass is 10.0. The standard InChI is InChI=1S/C18H18OS.CHF3O3S/c1-2-3-12-19-17-11-13-20-18(17)16-10-6-8-14-7-4-5-9-15(14)16;2-1(3,4)8(5,6)7/h4-11,13H,2-3,12H2,1H3;(H,5,6,7). The van der Waals surface area contributed by atoms with Gasteiger partial charge in [-0.3, -0.25) is 4.55 Å². The molecule has 0 aliphatic heterocycles. The zero-order chi connectivity index (χ0) is 20.8. The molecule has 9 heteroatoms. The van der Waals surface area contributed by atoms with Gasteiger partial charge in [-0.05, 0) is 28.6 Å². The number of benzene rings is 2. The summed E-state index contributed by atoms with van der Waals surface area (Å²) in [7, 11) is -5.84. The molecule has 0 radical (unpaired) electrons. The highest BCUT2D eigenvalue weighted by atomic mass is 32.2. The summed E-state index contributed by atoms with van der Waals surface area (Å²) in [5.41, 5.74) is -4.27. The number of rotatable bonds is 5. The maximum absolute atomic E-state index is 10.7. The minimum Gasteiger partial charge on any atom is -0.492 e. The second-order valence-electron chi connectivity index (χ2n) is 5.76. The van der Waals surface area contributed by atoms with E-state index in [2.05, 4.69) is 60.8 Å². The van der Waals surface area contributed by atoms with Crippen LogP contribution >= 0.6 is 11.3 Å². The van der Waals surface area contributed by atoms with Gasteiger partial charge in [0.2, 0.25) is 0 Å². The Balaban J connectivity index is 0.000000300. The van der Waals surface area contributed by atoms with E-state index in [0.29, 0.717) is 0 Å². The van der Waals surface area contributed by atoms with Crippen molar-refractivity contribution in [3.8, 4) is 16.2 Å². The molecule has 0 saturated heterocycles. The van der Waals surface area contributed by atoms with Crippen molar-refractivity contribution < 1.29 is 30.9 Å². The smallest absolute Gasteiger partial charge is 0.492 e. The van der Waals surface area contributed by atoms with Crippen molar-refractivity contribution in [2.24, 2.45) is 0 Å². The summed E-state index contributed by atoms with van der Waals surface area (Å²) in [6.45, 7) is 2.98. The summed E-state index contributed by atoms with van der Waals surface area (Å²) in [6, 6.07) is 17.1. The summed E-state index contributed by atoms with van der Waals surface area (Å²) < 4.78 is 63.5. The van der Waals surface area contributed by atoms with Gasteiger partial charge >= 0.3 is 15.6 Å². The number of hydrogen-bond acceptors (Lipinski definition) is 4. The van der Waals surface area contributed by atoms with Crippen molar-refractivity contribution in [3.63, 3.8) is 0 Å². The van der Waals surface area contributed by atoms with Gasteiger partial charge in [-0.15, -0.1) is 11.3 Å². The van der Waals surface area contributed by atoms with Gasteiger partial charge in [-0.1, -0.05) is 55.8 Å². The molecule has 4 nitrogen and oxygen atoms in total. The van der Waals surface area contributed by atoms with Crippen LogP contribution in [0.2, 0.25) is 0 Å². The van der Waals surface area contributed by atoms with Gasteiger partial charge in [-0.25, -0.2) is 0 Å². The zero-order valence-corrected chi connectivity index (χ0v) is 16.6. The van der Waals surface area contributed by atoms with Crippen LogP contribution in [0.15, 0.2) is 53.9 Å². The van der Waals surface area contributed by atoms with Crippen LogP contribution in [0.3, 0.4) is 0 Å². The first kappa shape index (κ1) is 22.2. The number of hydrogen-bond donors (Lipinski definition) is 1. The molecule has 1 aromatic heterocycles. The molecule has 0 aliphatic carbocycles. The highest BCUT2D eigenvalue weighted by molar-refractivity contribution is 7.86. The van der Waals surface area contributed by atoms with E-state index in [1.807, 2.05) is 0 Å². The van der Waals surface area contributed by atoms with Gasteiger partial charge < -0.3 is 4.74 Å². The maximum Gasteiger partial charge on any atom is 0.522 e. The molecule has 1 heterocycles. The van der Waals surface area contributed by atoms with E-state index < -0.39 is 15.6 Å². The minimum absolute atomic E-state index is 0.797. The Hall–Kier alpha value is -2.10. The molecule has 2 aromatic carbocycles. The molecule has 0 fully saturated rings. The predicted octanol–water partition coefficient (Wildman–Crippen LogP) is 6.14. The number of ether oxygens (including phenoxy) is 1. The molecule has 0 amide bonds. The molecular weight excluding hydrogens is 413 g/mol. The second-order valence-corrected chi connectivity index (χ2v) is 8.09. The minimum atomic E-state index is -5.84. The molecule has 0 aliphatic rings. The van der Waals surface area contributed by atoms with Crippen molar-refractivity contribution in [1.82, 2.24) is 0 Å². The second kappa shape index (κ2) is 9.40. The Morgan fingerprint density at radius 3 is 2.36 bits per heavy atom. The van der Waals surface area contributed by atoms with Crippen molar-refractivity contribution in [3.05, 3.63) is 53.9 Å². The van der Waals surface area contributed by atoms with Crippen molar-refractivity contribution in [2.45, 2.75) is 25.3 Å². The van der Waals surface area contributed by atoms with Crippen LogP contribution in [0.25, 0.3) is 21.2 Å². The maximum atomic E-state index is 10.7. The number of halogens is 3. The van der Waals surface area contributed by atoms with E-state index in [1.165, 1.54) is 21.2 Å². The van der Waals surface area contributed by atoms with Gasteiger partial charge in [0.25, 0.3) is 0 Å². The van der Waals surface area contributed by atoms with Crippen LogP contribution < -0.4 is 4.74 Å². The van der Waals surface area contributed by atoms with Crippen LogP contribution in [0.1, 0.15) is 19.8 Å². The lowest BCUT2D eigenvalue weighted by molar-refractivity contribution is -0.0510. The van der Waals surface area contributed by atoms with Crippen molar-refractivity contribution >= 4 is 32.2 Å². The Labute approximate surface area is 165 Å². The molecule has 3 rings (SSSR count). The topological polar surface area (TPSA) is 63.6 Å². The van der Waals surface area contributed by atoms with E-state index in [-0.39, 0.29) is 0 Å². The summed E-state index contributed by atoms with van der Waals surface area (Å²) in [4.78, 5) is 1.23. The third-order valence-corrected chi connectivity index (χ3v) is 5.23. The molecule has 28 heavy (non-hydrogen) atoms. The molecule has 0 bridgehead atoms. The number of thiophene rings is 1. The Morgan fingerprint density at radius 1 is 1.07 bits per heavy atom. The highest BCUT2D eigenvalue weighted by Crippen LogP contribution is 2.39. The molecule has 3 aromatic rings. The first-order chi connectivity index (χ1) is 13.1. The fourth-order valence-electron chi connectivity index (χ4n) is 2.36. The van der Waals surface area contributed by atoms with E-state index in [1.54, 1.807) is 11.3 Å². The quantitative estimate of drug-likeness (QED) is 0.299. The van der Waals surface area contributed by atoms with Crippen LogP contribution in [0.5, 0.6) is 5.75 Å². The third kappa shape index (κ3) is 5.70. The fraction of sp³-hybridized carbons (Fsp3) is 0.263. The summed E-state index contributed by atoms with van der Waals surface area (Å²) in [5, 5.41) is 4.67. The van der Waals surface area contributed by atoms with Gasteiger partial charge in [-0.2, -0.15) is 21.6 Å². The van der Waals surface area contributed by atoms with Gasteiger partial charge in [0.1, 0.15) is 5.75 Å². The van der Waals surface area contributed by atoms with Crippen LogP contribution in [0.4, 0.5) is 13.2 Å². The fourth-order valence-corrected chi connectivity index (χ4v) is 3.23. The van der Waals surface area contributed by atoms with Crippen molar-refractivity contribution in [2.75, 3.05) is 6.61 Å². The van der Waals surface area contributed by atoms with Gasteiger partial charge in [0.15, 0.2) is 0 Å². The zero-order valence-electron chi connectivity index (χ0n) is 14.9. The average molecular weight is 432 g/mol. The van der Waals surface area contributed by atoms with E-state index in [0.717, 1.165) is 25.2 Å². The summed E-state index contributed by atoms with van der Waals surface area (Å²) >= 11 is 1.75. The Bertz CT molecular complexity index is 1010. The first-order valence-electron chi connectivity index (χ1n) is 8.37. The SMILES string of the molecule is CCCCOc1ccsc1-c1cccc2ccccc12.O=S(=O)(O)C(F)(F)F. The monoisotopic (exact) mass is 432 g/mol. The summed E-state index contributed by atoms with van der Waals surface area (Å²) in [5.74, 6) is 1.01. The third-order valence-electron chi connectivity index (χ3n) is 3.71. The normalized spacial score (nSPS) is 11.8. The molecule has 0 saturated carbocycles. The number of alkyl halides is 3. The molecule has 0 spiro atoms. The Kier molecular flexibility index (Phi) is 7.45. The Morgan fingerprint density at radius 2 is 1.71 bits per heavy atom. The van der Waals surface area contributed by atoms with Crippen LogP contribution in [-0.4, -0.2) is 25.1 Å². The van der Waals surface area contributed by atoms with Crippen LogP contribution in [0, 0.1) is 0 Å².